The average molecular weight is 299 g/mol. The van der Waals surface area contributed by atoms with Crippen molar-refractivity contribution in [2.45, 2.75) is 0 Å². The van der Waals surface area contributed by atoms with Gasteiger partial charge in [0.05, 0.1) is 11.4 Å². The highest BCUT2D eigenvalue weighted by atomic mass is 35.5. The van der Waals surface area contributed by atoms with Gasteiger partial charge in [-0.25, -0.2) is 9.95 Å². The molecule has 0 aliphatic rings. The molecule has 3 aromatic rings. The van der Waals surface area contributed by atoms with Crippen LogP contribution in [0.25, 0.3) is 11.3 Å². The summed E-state index contributed by atoms with van der Waals surface area (Å²) in [6, 6.07) is 16.5. The summed E-state index contributed by atoms with van der Waals surface area (Å²) in [7, 11) is 0. The fraction of sp³-hybridized carbons (Fsp3) is 0. The molecule has 0 bridgehead atoms. The second-order valence-corrected chi connectivity index (χ2v) is 4.82. The summed E-state index contributed by atoms with van der Waals surface area (Å²) < 4.78 is 4.86. The van der Waals surface area contributed by atoms with Crippen LogP contribution < -0.4 is 5.63 Å². The number of aliphatic imine (C=N–C) groups is 1. The molecule has 1 aromatic heterocycles. The standard InChI is InChI=1S/C16H11ClN2O2/c17-12-7-4-8-13(9-12)18-10-14-15(19-21-16(14)20)11-5-2-1-3-6-11/h1-10,19H. The molecule has 0 aliphatic heterocycles. The van der Waals surface area contributed by atoms with Gasteiger partial charge in [0, 0.05) is 16.8 Å². The molecule has 5 heteroatoms. The van der Waals surface area contributed by atoms with Gasteiger partial charge < -0.3 is 4.52 Å². The molecule has 3 rings (SSSR count). The second-order valence-electron chi connectivity index (χ2n) is 4.38. The number of nitrogens with zero attached hydrogens (tertiary/aromatic N) is 1. The van der Waals surface area contributed by atoms with E-state index >= 15 is 0 Å². The lowest BCUT2D eigenvalue weighted by Gasteiger charge is -1.97. The van der Waals surface area contributed by atoms with Crippen molar-refractivity contribution < 1.29 is 4.52 Å². The molecule has 1 N–H and O–H groups in total. The van der Waals surface area contributed by atoms with E-state index in [1.807, 2.05) is 30.3 Å². The van der Waals surface area contributed by atoms with E-state index in [0.717, 1.165) is 5.56 Å². The van der Waals surface area contributed by atoms with Gasteiger partial charge in [0.15, 0.2) is 0 Å². The van der Waals surface area contributed by atoms with Gasteiger partial charge in [-0.3, -0.25) is 4.99 Å². The molecule has 0 saturated carbocycles. The van der Waals surface area contributed by atoms with Crippen molar-refractivity contribution in [2.75, 3.05) is 0 Å². The molecular weight excluding hydrogens is 288 g/mol. The minimum Gasteiger partial charge on any atom is -0.338 e. The zero-order valence-corrected chi connectivity index (χ0v) is 11.7. The fourth-order valence-electron chi connectivity index (χ4n) is 1.94. The Labute approximate surface area is 125 Å². The molecule has 0 amide bonds. The van der Waals surface area contributed by atoms with Crippen LogP contribution >= 0.6 is 11.6 Å². The van der Waals surface area contributed by atoms with Gasteiger partial charge in [0.2, 0.25) is 0 Å². The van der Waals surface area contributed by atoms with E-state index in [0.29, 0.717) is 22.0 Å². The van der Waals surface area contributed by atoms with Crippen molar-refractivity contribution >= 4 is 23.5 Å². The Hall–Kier alpha value is -2.59. The van der Waals surface area contributed by atoms with E-state index < -0.39 is 5.63 Å². The number of nitrogens with one attached hydrogen (secondary N) is 1. The third-order valence-electron chi connectivity index (χ3n) is 2.95. The summed E-state index contributed by atoms with van der Waals surface area (Å²) in [5.41, 5.74) is 2.05. The summed E-state index contributed by atoms with van der Waals surface area (Å²) in [6.07, 6.45) is 1.48. The van der Waals surface area contributed by atoms with Crippen LogP contribution in [0.5, 0.6) is 0 Å². The monoisotopic (exact) mass is 298 g/mol. The van der Waals surface area contributed by atoms with Crippen LogP contribution in [-0.2, 0) is 0 Å². The molecule has 21 heavy (non-hydrogen) atoms. The first-order valence-electron chi connectivity index (χ1n) is 6.30. The number of rotatable bonds is 3. The van der Waals surface area contributed by atoms with Gasteiger partial charge in [-0.15, -0.1) is 0 Å². The first kappa shape index (κ1) is 13.4. The molecule has 1 heterocycles. The van der Waals surface area contributed by atoms with Gasteiger partial charge >= 0.3 is 5.63 Å². The topological polar surface area (TPSA) is 58.4 Å². The Kier molecular flexibility index (Phi) is 3.71. The Morgan fingerprint density at radius 1 is 1.10 bits per heavy atom. The number of aromatic amines is 1. The Balaban J connectivity index is 2.00. The van der Waals surface area contributed by atoms with Crippen molar-refractivity contribution in [3.63, 3.8) is 0 Å². The third-order valence-corrected chi connectivity index (χ3v) is 3.18. The largest absolute Gasteiger partial charge is 0.366 e. The van der Waals surface area contributed by atoms with Crippen LogP contribution in [0.1, 0.15) is 5.56 Å². The van der Waals surface area contributed by atoms with Gasteiger partial charge in [-0.2, -0.15) is 0 Å². The SMILES string of the molecule is O=c1o[nH]c(-c2ccccc2)c1C=Nc1cccc(Cl)c1. The van der Waals surface area contributed by atoms with E-state index in [-0.39, 0.29) is 0 Å². The zero-order chi connectivity index (χ0) is 14.7. The number of hydrogen-bond donors (Lipinski definition) is 1. The Bertz CT molecular complexity index is 835. The smallest absolute Gasteiger partial charge is 0.338 e. The minimum absolute atomic E-state index is 0.376. The van der Waals surface area contributed by atoms with Gasteiger partial charge in [-0.05, 0) is 18.2 Å². The number of halogens is 1. The lowest BCUT2D eigenvalue weighted by atomic mass is 10.1. The van der Waals surface area contributed by atoms with Crippen LogP contribution in [-0.4, -0.2) is 11.4 Å². The molecule has 0 unspecified atom stereocenters. The number of H-pyrrole nitrogens is 1. The maximum absolute atomic E-state index is 11.8. The zero-order valence-electron chi connectivity index (χ0n) is 10.9. The van der Waals surface area contributed by atoms with E-state index in [9.17, 15) is 4.79 Å². The lowest BCUT2D eigenvalue weighted by Crippen LogP contribution is -2.01. The summed E-state index contributed by atoms with van der Waals surface area (Å²) in [4.78, 5) is 16.1. The van der Waals surface area contributed by atoms with Crippen LogP contribution in [0.4, 0.5) is 5.69 Å². The van der Waals surface area contributed by atoms with E-state index in [1.54, 1.807) is 24.3 Å². The minimum atomic E-state index is -0.459. The molecular formula is C16H11ClN2O2. The third kappa shape index (κ3) is 2.95. The summed E-state index contributed by atoms with van der Waals surface area (Å²) in [5, 5.41) is 3.22. The molecule has 104 valence electrons. The summed E-state index contributed by atoms with van der Waals surface area (Å²) in [6.45, 7) is 0. The van der Waals surface area contributed by atoms with Crippen LogP contribution in [0, 0.1) is 0 Å². The summed E-state index contributed by atoms with van der Waals surface area (Å²) >= 11 is 5.90. The molecule has 0 radical (unpaired) electrons. The molecule has 2 aromatic carbocycles. The molecule has 4 nitrogen and oxygen atoms in total. The highest BCUT2D eigenvalue weighted by molar-refractivity contribution is 6.30. The van der Waals surface area contributed by atoms with Gasteiger partial charge in [-0.1, -0.05) is 48.0 Å². The Morgan fingerprint density at radius 3 is 2.67 bits per heavy atom. The quantitative estimate of drug-likeness (QED) is 0.742. The van der Waals surface area contributed by atoms with E-state index in [4.69, 9.17) is 16.1 Å². The second kappa shape index (κ2) is 5.81. The number of benzene rings is 2. The first-order valence-corrected chi connectivity index (χ1v) is 6.68. The van der Waals surface area contributed by atoms with Crippen molar-refractivity contribution in [3.8, 4) is 11.3 Å². The van der Waals surface area contributed by atoms with E-state index in [2.05, 4.69) is 10.1 Å². The molecule has 0 aliphatic carbocycles. The number of hydrogen-bond acceptors (Lipinski definition) is 3. The predicted octanol–water partition coefficient (Wildman–Crippen LogP) is 4.04. The Morgan fingerprint density at radius 2 is 1.90 bits per heavy atom. The van der Waals surface area contributed by atoms with Gasteiger partial charge in [0.1, 0.15) is 5.56 Å². The normalized spacial score (nSPS) is 11.1. The van der Waals surface area contributed by atoms with Crippen LogP contribution in [0.2, 0.25) is 5.02 Å². The summed E-state index contributed by atoms with van der Waals surface area (Å²) in [5.74, 6) is 0. The molecule has 0 spiro atoms. The number of aromatic nitrogens is 1. The van der Waals surface area contributed by atoms with Crippen LogP contribution in [0.15, 0.2) is 68.9 Å². The molecule has 0 saturated heterocycles. The molecule has 0 atom stereocenters. The van der Waals surface area contributed by atoms with Gasteiger partial charge in [0.25, 0.3) is 0 Å². The maximum atomic E-state index is 11.8. The lowest BCUT2D eigenvalue weighted by molar-refractivity contribution is 0.393. The molecule has 0 fully saturated rings. The highest BCUT2D eigenvalue weighted by Gasteiger charge is 2.11. The highest BCUT2D eigenvalue weighted by Crippen LogP contribution is 2.20. The van der Waals surface area contributed by atoms with Crippen molar-refractivity contribution in [3.05, 3.63) is 75.6 Å². The van der Waals surface area contributed by atoms with E-state index in [1.165, 1.54) is 6.21 Å². The van der Waals surface area contributed by atoms with Crippen molar-refractivity contribution in [1.82, 2.24) is 5.16 Å². The first-order chi connectivity index (χ1) is 10.2. The average Bonchev–Trinajstić information content (AvgIpc) is 2.87. The van der Waals surface area contributed by atoms with Crippen LogP contribution in [0.3, 0.4) is 0 Å². The predicted molar refractivity (Wildman–Crippen MR) is 83.5 cm³/mol. The fourth-order valence-corrected chi connectivity index (χ4v) is 2.13. The van der Waals surface area contributed by atoms with Crippen molar-refractivity contribution in [1.29, 1.82) is 0 Å². The maximum Gasteiger partial charge on any atom is 0.366 e. The van der Waals surface area contributed by atoms with Crippen molar-refractivity contribution in [2.24, 2.45) is 4.99 Å².